The molecule has 0 aliphatic rings. The molecule has 0 aliphatic heterocycles. The lowest BCUT2D eigenvalue weighted by Gasteiger charge is -2.18. The van der Waals surface area contributed by atoms with Crippen LogP contribution in [0, 0.1) is 12.7 Å². The lowest BCUT2D eigenvalue weighted by atomic mass is 9.97. The van der Waals surface area contributed by atoms with Crippen LogP contribution in [0.25, 0.3) is 0 Å². The highest BCUT2D eigenvalue weighted by atomic mass is 19.4. The monoisotopic (exact) mass is 298 g/mol. The van der Waals surface area contributed by atoms with Crippen molar-refractivity contribution in [3.05, 3.63) is 70.5 Å². The van der Waals surface area contributed by atoms with Crippen molar-refractivity contribution in [1.29, 1.82) is 0 Å². The first-order valence-corrected chi connectivity index (χ1v) is 6.22. The van der Waals surface area contributed by atoms with E-state index in [1.807, 2.05) is 19.1 Å². The first kappa shape index (κ1) is 15.5. The zero-order chi connectivity index (χ0) is 15.6. The predicted octanol–water partition coefficient (Wildman–Crippen LogP) is 3.71. The van der Waals surface area contributed by atoms with Gasteiger partial charge in [-0.15, -0.1) is 0 Å². The number of hydrogen-bond donors (Lipinski definition) is 2. The van der Waals surface area contributed by atoms with Gasteiger partial charge in [-0.1, -0.05) is 35.9 Å². The fraction of sp³-hybridized carbons (Fsp3) is 0.200. The highest BCUT2D eigenvalue weighted by molar-refractivity contribution is 5.36. The van der Waals surface area contributed by atoms with E-state index in [9.17, 15) is 17.6 Å². The van der Waals surface area contributed by atoms with Crippen molar-refractivity contribution in [2.75, 3.05) is 0 Å². The molecule has 2 aromatic carbocycles. The van der Waals surface area contributed by atoms with Crippen LogP contribution >= 0.6 is 0 Å². The number of halogens is 4. The van der Waals surface area contributed by atoms with Crippen molar-refractivity contribution in [2.45, 2.75) is 19.1 Å². The van der Waals surface area contributed by atoms with E-state index in [-0.39, 0.29) is 0 Å². The average Bonchev–Trinajstić information content (AvgIpc) is 2.40. The van der Waals surface area contributed by atoms with Crippen LogP contribution in [-0.2, 0) is 6.18 Å². The van der Waals surface area contributed by atoms with Crippen molar-refractivity contribution < 1.29 is 17.6 Å². The second-order valence-electron chi connectivity index (χ2n) is 4.75. The molecule has 0 saturated carbocycles. The SMILES string of the molecule is Cc1ccc(C(NN)c2ccc(C(F)(F)F)c(F)c2)cc1. The van der Waals surface area contributed by atoms with E-state index in [4.69, 9.17) is 5.84 Å². The smallest absolute Gasteiger partial charge is 0.271 e. The summed E-state index contributed by atoms with van der Waals surface area (Å²) in [7, 11) is 0. The molecule has 0 aromatic heterocycles. The zero-order valence-electron chi connectivity index (χ0n) is 11.2. The third-order valence-corrected chi connectivity index (χ3v) is 3.21. The molecule has 1 unspecified atom stereocenters. The van der Waals surface area contributed by atoms with E-state index < -0.39 is 23.6 Å². The summed E-state index contributed by atoms with van der Waals surface area (Å²) in [5, 5.41) is 0. The summed E-state index contributed by atoms with van der Waals surface area (Å²) in [4.78, 5) is 0. The third kappa shape index (κ3) is 3.40. The van der Waals surface area contributed by atoms with Crippen LogP contribution < -0.4 is 11.3 Å². The highest BCUT2D eigenvalue weighted by Gasteiger charge is 2.34. The topological polar surface area (TPSA) is 38.0 Å². The number of aryl methyl sites for hydroxylation is 1. The molecule has 6 heteroatoms. The van der Waals surface area contributed by atoms with Gasteiger partial charge in [-0.3, -0.25) is 5.84 Å². The molecule has 21 heavy (non-hydrogen) atoms. The summed E-state index contributed by atoms with van der Waals surface area (Å²) < 4.78 is 51.3. The van der Waals surface area contributed by atoms with Gasteiger partial charge in [0.2, 0.25) is 0 Å². The Bertz CT molecular complexity index is 621. The number of benzene rings is 2. The fourth-order valence-electron chi connectivity index (χ4n) is 2.08. The molecule has 0 aliphatic carbocycles. The van der Waals surface area contributed by atoms with Crippen LogP contribution in [0.4, 0.5) is 17.6 Å². The Hall–Kier alpha value is -1.92. The molecule has 0 spiro atoms. The van der Waals surface area contributed by atoms with Gasteiger partial charge >= 0.3 is 6.18 Å². The first-order valence-electron chi connectivity index (χ1n) is 6.22. The number of hydrazine groups is 1. The minimum Gasteiger partial charge on any atom is -0.271 e. The van der Waals surface area contributed by atoms with Gasteiger partial charge in [0, 0.05) is 0 Å². The second kappa shape index (κ2) is 5.83. The molecule has 2 aromatic rings. The number of nitrogens with two attached hydrogens (primary N) is 1. The minimum atomic E-state index is -4.71. The van der Waals surface area contributed by atoms with Crippen molar-refractivity contribution in [3.8, 4) is 0 Å². The van der Waals surface area contributed by atoms with E-state index in [2.05, 4.69) is 5.43 Å². The fourth-order valence-corrected chi connectivity index (χ4v) is 2.08. The molecule has 0 saturated heterocycles. The van der Waals surface area contributed by atoms with Gasteiger partial charge in [0.1, 0.15) is 5.82 Å². The van der Waals surface area contributed by atoms with Gasteiger partial charge in [-0.2, -0.15) is 13.2 Å². The van der Waals surface area contributed by atoms with E-state index in [1.165, 1.54) is 6.07 Å². The highest BCUT2D eigenvalue weighted by Crippen LogP contribution is 2.33. The first-order chi connectivity index (χ1) is 9.82. The molecular formula is C15H14F4N2. The molecule has 0 fully saturated rings. The molecule has 0 amide bonds. The van der Waals surface area contributed by atoms with Crippen LogP contribution in [0.15, 0.2) is 42.5 Å². The molecule has 2 rings (SSSR count). The molecule has 0 heterocycles. The predicted molar refractivity (Wildman–Crippen MR) is 71.7 cm³/mol. The Balaban J connectivity index is 2.40. The Kier molecular flexibility index (Phi) is 4.29. The van der Waals surface area contributed by atoms with Gasteiger partial charge in [0.15, 0.2) is 0 Å². The van der Waals surface area contributed by atoms with Crippen LogP contribution in [0.3, 0.4) is 0 Å². The van der Waals surface area contributed by atoms with Crippen LogP contribution in [0.5, 0.6) is 0 Å². The summed E-state index contributed by atoms with van der Waals surface area (Å²) in [5.41, 5.74) is 3.30. The van der Waals surface area contributed by atoms with Gasteiger partial charge in [-0.25, -0.2) is 9.82 Å². The molecule has 0 radical (unpaired) electrons. The zero-order valence-corrected chi connectivity index (χ0v) is 11.2. The van der Waals surface area contributed by atoms with Crippen LogP contribution in [0.1, 0.15) is 28.3 Å². The number of hydrogen-bond acceptors (Lipinski definition) is 2. The Morgan fingerprint density at radius 3 is 2.05 bits per heavy atom. The van der Waals surface area contributed by atoms with Crippen molar-refractivity contribution in [3.63, 3.8) is 0 Å². The van der Waals surface area contributed by atoms with Crippen molar-refractivity contribution in [1.82, 2.24) is 5.43 Å². The Labute approximate surface area is 119 Å². The largest absolute Gasteiger partial charge is 0.419 e. The molecule has 0 bridgehead atoms. The van der Waals surface area contributed by atoms with Gasteiger partial charge in [0.25, 0.3) is 0 Å². The molecule has 3 N–H and O–H groups in total. The standard InChI is InChI=1S/C15H14F4N2/c1-9-2-4-10(5-3-9)14(21-20)11-6-7-12(13(16)8-11)15(17,18)19/h2-8,14,21H,20H2,1H3. The summed E-state index contributed by atoms with van der Waals surface area (Å²) >= 11 is 0. The quantitative estimate of drug-likeness (QED) is 0.515. The molecule has 112 valence electrons. The lowest BCUT2D eigenvalue weighted by molar-refractivity contribution is -0.140. The average molecular weight is 298 g/mol. The maximum Gasteiger partial charge on any atom is 0.419 e. The number of nitrogens with one attached hydrogen (secondary N) is 1. The van der Waals surface area contributed by atoms with E-state index in [1.54, 1.807) is 12.1 Å². The van der Waals surface area contributed by atoms with E-state index in [0.29, 0.717) is 5.56 Å². The maximum absolute atomic E-state index is 13.6. The molecular weight excluding hydrogens is 284 g/mol. The summed E-state index contributed by atoms with van der Waals surface area (Å²) in [6, 6.07) is 9.49. The van der Waals surface area contributed by atoms with E-state index >= 15 is 0 Å². The number of rotatable bonds is 3. The van der Waals surface area contributed by atoms with Gasteiger partial charge in [-0.05, 0) is 30.2 Å². The van der Waals surface area contributed by atoms with Crippen molar-refractivity contribution >= 4 is 0 Å². The Morgan fingerprint density at radius 1 is 1.00 bits per heavy atom. The van der Waals surface area contributed by atoms with Gasteiger partial charge < -0.3 is 0 Å². The summed E-state index contributed by atoms with van der Waals surface area (Å²) in [6.45, 7) is 1.91. The normalized spacial score (nSPS) is 13.2. The lowest BCUT2D eigenvalue weighted by Crippen LogP contribution is -2.29. The third-order valence-electron chi connectivity index (χ3n) is 3.21. The molecule has 2 nitrogen and oxygen atoms in total. The molecule has 1 atom stereocenters. The van der Waals surface area contributed by atoms with Crippen molar-refractivity contribution in [2.24, 2.45) is 5.84 Å². The van der Waals surface area contributed by atoms with Crippen LogP contribution in [-0.4, -0.2) is 0 Å². The second-order valence-corrected chi connectivity index (χ2v) is 4.75. The van der Waals surface area contributed by atoms with Crippen LogP contribution in [0.2, 0.25) is 0 Å². The summed E-state index contributed by atoms with van der Waals surface area (Å²) in [6.07, 6.45) is -4.71. The summed E-state index contributed by atoms with van der Waals surface area (Å²) in [5.74, 6) is 4.14. The van der Waals surface area contributed by atoms with Gasteiger partial charge in [0.05, 0.1) is 11.6 Å². The van der Waals surface area contributed by atoms with E-state index in [0.717, 1.165) is 23.3 Å². The Morgan fingerprint density at radius 2 is 1.57 bits per heavy atom. The minimum absolute atomic E-state index is 0.326. The number of alkyl halides is 3. The maximum atomic E-state index is 13.6.